The van der Waals surface area contributed by atoms with E-state index in [0.29, 0.717) is 5.56 Å². The van der Waals surface area contributed by atoms with Crippen LogP contribution in [-0.4, -0.2) is 27.6 Å². The second kappa shape index (κ2) is 6.79. The molecular formula is C18H18O4S. The summed E-state index contributed by atoms with van der Waals surface area (Å²) in [4.78, 5) is 12.3. The van der Waals surface area contributed by atoms with Crippen LogP contribution in [0.2, 0.25) is 0 Å². The van der Waals surface area contributed by atoms with E-state index in [1.54, 1.807) is 6.08 Å². The first-order valence-electron chi connectivity index (χ1n) is 6.98. The first kappa shape index (κ1) is 17.0. The van der Waals surface area contributed by atoms with Crippen LogP contribution in [0.3, 0.4) is 0 Å². The molecule has 0 aliphatic rings. The Labute approximate surface area is 136 Å². The summed E-state index contributed by atoms with van der Waals surface area (Å²) < 4.78 is 28.4. The van der Waals surface area contributed by atoms with Crippen molar-refractivity contribution in [1.82, 2.24) is 0 Å². The van der Waals surface area contributed by atoms with Gasteiger partial charge in [-0.3, -0.25) is 4.79 Å². The molecule has 2 rings (SSSR count). The third kappa shape index (κ3) is 4.29. The lowest BCUT2D eigenvalue weighted by molar-refractivity contribution is 0.104. The van der Waals surface area contributed by atoms with Crippen molar-refractivity contribution in [2.75, 3.05) is 13.4 Å². The van der Waals surface area contributed by atoms with Gasteiger partial charge in [0.05, 0.1) is 7.11 Å². The zero-order chi connectivity index (χ0) is 17.0. The highest BCUT2D eigenvalue weighted by Crippen LogP contribution is 2.25. The maximum absolute atomic E-state index is 12.2. The molecule has 120 valence electrons. The van der Waals surface area contributed by atoms with E-state index in [1.807, 2.05) is 31.2 Å². The number of rotatable bonds is 5. The molecule has 0 radical (unpaired) electrons. The molecule has 0 fully saturated rings. The Morgan fingerprint density at radius 3 is 2.48 bits per heavy atom. The summed E-state index contributed by atoms with van der Waals surface area (Å²) in [6.07, 6.45) is 4.29. The van der Waals surface area contributed by atoms with Crippen LogP contribution in [0.25, 0.3) is 6.08 Å². The molecule has 0 saturated carbocycles. The quantitative estimate of drug-likeness (QED) is 0.623. The fourth-order valence-electron chi connectivity index (χ4n) is 2.17. The molecule has 23 heavy (non-hydrogen) atoms. The summed E-state index contributed by atoms with van der Waals surface area (Å²) in [5, 5.41) is 0. The molecule has 0 atom stereocenters. The van der Waals surface area contributed by atoms with Crippen molar-refractivity contribution in [3.8, 4) is 5.75 Å². The number of sulfone groups is 1. The Morgan fingerprint density at radius 1 is 1.13 bits per heavy atom. The van der Waals surface area contributed by atoms with Gasteiger partial charge in [0.25, 0.3) is 0 Å². The first-order valence-corrected chi connectivity index (χ1v) is 8.87. The maximum Gasteiger partial charge on any atom is 0.185 e. The molecule has 0 spiro atoms. The summed E-state index contributed by atoms with van der Waals surface area (Å²) in [5.41, 5.74) is 2.41. The van der Waals surface area contributed by atoms with Crippen molar-refractivity contribution in [3.63, 3.8) is 0 Å². The number of hydrogen-bond donors (Lipinski definition) is 0. The van der Waals surface area contributed by atoms with Crippen molar-refractivity contribution in [2.24, 2.45) is 0 Å². The molecule has 0 aliphatic carbocycles. The monoisotopic (exact) mass is 330 g/mol. The van der Waals surface area contributed by atoms with Gasteiger partial charge in [-0.25, -0.2) is 8.42 Å². The van der Waals surface area contributed by atoms with Crippen LogP contribution in [-0.2, 0) is 9.84 Å². The van der Waals surface area contributed by atoms with Gasteiger partial charge in [-0.05, 0) is 36.8 Å². The zero-order valence-corrected chi connectivity index (χ0v) is 14.1. The minimum Gasteiger partial charge on any atom is -0.495 e. The van der Waals surface area contributed by atoms with E-state index >= 15 is 0 Å². The highest BCUT2D eigenvalue weighted by atomic mass is 32.2. The van der Waals surface area contributed by atoms with E-state index in [2.05, 4.69) is 0 Å². The Hall–Kier alpha value is -2.40. The molecule has 0 heterocycles. The van der Waals surface area contributed by atoms with E-state index in [9.17, 15) is 13.2 Å². The van der Waals surface area contributed by atoms with E-state index in [1.165, 1.54) is 31.4 Å². The lowest BCUT2D eigenvalue weighted by atomic mass is 10.1. The molecule has 0 unspecified atom stereocenters. The van der Waals surface area contributed by atoms with Crippen molar-refractivity contribution in [1.29, 1.82) is 0 Å². The number of ether oxygens (including phenoxy) is 1. The van der Waals surface area contributed by atoms with Crippen LogP contribution in [0.5, 0.6) is 5.75 Å². The Morgan fingerprint density at radius 2 is 1.87 bits per heavy atom. The van der Waals surface area contributed by atoms with Gasteiger partial charge in [-0.2, -0.15) is 0 Å². The summed E-state index contributed by atoms with van der Waals surface area (Å²) in [6, 6.07) is 12.1. The van der Waals surface area contributed by atoms with Crippen molar-refractivity contribution in [2.45, 2.75) is 11.8 Å². The van der Waals surface area contributed by atoms with Crippen LogP contribution in [0.15, 0.2) is 53.4 Å². The average Bonchev–Trinajstić information content (AvgIpc) is 2.51. The molecule has 2 aromatic rings. The van der Waals surface area contributed by atoms with Gasteiger partial charge in [-0.15, -0.1) is 0 Å². The third-order valence-electron chi connectivity index (χ3n) is 3.32. The summed E-state index contributed by atoms with van der Waals surface area (Å²) >= 11 is 0. The Balaban J connectivity index is 2.30. The van der Waals surface area contributed by atoms with Gasteiger partial charge in [0.2, 0.25) is 0 Å². The number of methoxy groups -OCH3 is 1. The summed E-state index contributed by atoms with van der Waals surface area (Å²) in [6.45, 7) is 1.98. The highest BCUT2D eigenvalue weighted by Gasteiger charge is 2.16. The number of carbonyl (C=O) groups is 1. The number of benzene rings is 2. The molecule has 0 aliphatic heterocycles. The second-order valence-corrected chi connectivity index (χ2v) is 7.23. The number of hydrogen-bond acceptors (Lipinski definition) is 4. The van der Waals surface area contributed by atoms with E-state index < -0.39 is 9.84 Å². The highest BCUT2D eigenvalue weighted by molar-refractivity contribution is 7.90. The van der Waals surface area contributed by atoms with Gasteiger partial charge < -0.3 is 4.74 Å². The number of ketones is 1. The summed E-state index contributed by atoms with van der Waals surface area (Å²) in [5.74, 6) is -0.0489. The van der Waals surface area contributed by atoms with Crippen molar-refractivity contribution >= 4 is 21.7 Å². The van der Waals surface area contributed by atoms with Crippen LogP contribution < -0.4 is 4.74 Å². The molecule has 2 aromatic carbocycles. The normalized spacial score (nSPS) is 11.6. The Kier molecular flexibility index (Phi) is 5.01. The number of allylic oxidation sites excluding steroid dienone is 1. The van der Waals surface area contributed by atoms with Gasteiger partial charge in [0, 0.05) is 11.8 Å². The molecule has 0 aromatic heterocycles. The van der Waals surface area contributed by atoms with Gasteiger partial charge in [-0.1, -0.05) is 35.9 Å². The van der Waals surface area contributed by atoms with Crippen molar-refractivity contribution < 1.29 is 17.9 Å². The largest absolute Gasteiger partial charge is 0.495 e. The van der Waals surface area contributed by atoms with E-state index in [0.717, 1.165) is 17.4 Å². The minimum absolute atomic E-state index is 0.0687. The van der Waals surface area contributed by atoms with Gasteiger partial charge in [0.1, 0.15) is 10.6 Å². The topological polar surface area (TPSA) is 60.4 Å². The van der Waals surface area contributed by atoms with E-state index in [4.69, 9.17) is 4.74 Å². The maximum atomic E-state index is 12.2. The fraction of sp³-hybridized carbons (Fsp3) is 0.167. The molecular weight excluding hydrogens is 312 g/mol. The molecule has 0 amide bonds. The number of aryl methyl sites for hydroxylation is 1. The summed E-state index contributed by atoms with van der Waals surface area (Å²) in [7, 11) is -2.03. The zero-order valence-electron chi connectivity index (χ0n) is 13.2. The average molecular weight is 330 g/mol. The molecule has 0 bridgehead atoms. The first-order chi connectivity index (χ1) is 10.8. The smallest absolute Gasteiger partial charge is 0.185 e. The standard InChI is InChI=1S/C18H18O4S/c1-13-5-4-6-14(11-13)7-9-16(19)15-8-10-18(23(3,20)21)17(12-15)22-2/h4-12H,1-3H3/b9-7-. The van der Waals surface area contributed by atoms with Gasteiger partial charge >= 0.3 is 0 Å². The fourth-order valence-corrected chi connectivity index (χ4v) is 2.99. The lowest BCUT2D eigenvalue weighted by Gasteiger charge is -2.08. The molecule has 4 nitrogen and oxygen atoms in total. The van der Waals surface area contributed by atoms with Crippen LogP contribution in [0.1, 0.15) is 21.5 Å². The van der Waals surface area contributed by atoms with E-state index in [-0.39, 0.29) is 16.4 Å². The SMILES string of the molecule is COc1cc(C(=O)/C=C\c2cccc(C)c2)ccc1S(C)(=O)=O. The third-order valence-corrected chi connectivity index (χ3v) is 4.45. The lowest BCUT2D eigenvalue weighted by Crippen LogP contribution is -2.03. The Bertz CT molecular complexity index is 864. The van der Waals surface area contributed by atoms with Crippen LogP contribution in [0, 0.1) is 6.92 Å². The van der Waals surface area contributed by atoms with Gasteiger partial charge in [0.15, 0.2) is 15.6 Å². The van der Waals surface area contributed by atoms with Crippen LogP contribution in [0.4, 0.5) is 0 Å². The van der Waals surface area contributed by atoms with Crippen molar-refractivity contribution in [3.05, 3.63) is 65.2 Å². The predicted molar refractivity (Wildman–Crippen MR) is 90.6 cm³/mol. The van der Waals surface area contributed by atoms with Crippen LogP contribution >= 0.6 is 0 Å². The predicted octanol–water partition coefficient (Wildman–Crippen LogP) is 3.30. The number of carbonyl (C=O) groups excluding carboxylic acids is 1. The molecule has 5 heteroatoms. The molecule has 0 saturated heterocycles. The minimum atomic E-state index is -3.40. The molecule has 0 N–H and O–H groups in total. The second-order valence-electron chi connectivity index (χ2n) is 5.25.